The second-order valence-electron chi connectivity index (χ2n) is 7.64. The summed E-state index contributed by atoms with van der Waals surface area (Å²) in [5.74, 6) is 1.58. The zero-order valence-electron chi connectivity index (χ0n) is 17.4. The molecule has 4 aromatic rings. The van der Waals surface area contributed by atoms with Gasteiger partial charge in [-0.05, 0) is 35.7 Å². The molecule has 0 N–H and O–H groups in total. The number of nitrogens with zero attached hydrogens (tertiary/aromatic N) is 2. The van der Waals surface area contributed by atoms with Crippen LogP contribution in [0.4, 0.5) is 0 Å². The maximum absolute atomic E-state index is 6.14. The van der Waals surface area contributed by atoms with Crippen molar-refractivity contribution in [3.05, 3.63) is 102 Å². The van der Waals surface area contributed by atoms with Crippen LogP contribution in [0.3, 0.4) is 0 Å². The lowest BCUT2D eigenvalue weighted by molar-refractivity contribution is 0.310. The second kappa shape index (κ2) is 9.27. The summed E-state index contributed by atoms with van der Waals surface area (Å²) in [6.07, 6.45) is 0.889. The van der Waals surface area contributed by atoms with E-state index in [1.54, 1.807) is 0 Å². The molecule has 1 atom stereocenters. The van der Waals surface area contributed by atoms with Crippen molar-refractivity contribution in [2.45, 2.75) is 19.1 Å². The van der Waals surface area contributed by atoms with Gasteiger partial charge in [-0.25, -0.2) is 4.99 Å². The molecule has 4 nitrogen and oxygen atoms in total. The Labute approximate surface area is 188 Å². The average Bonchev–Trinajstić information content (AvgIpc) is 3.38. The zero-order valence-corrected chi connectivity index (χ0v) is 18.2. The Morgan fingerprint density at radius 1 is 0.935 bits per heavy atom. The van der Waals surface area contributed by atoms with Crippen molar-refractivity contribution >= 4 is 29.2 Å². The van der Waals surface area contributed by atoms with E-state index in [2.05, 4.69) is 60.1 Å². The van der Waals surface area contributed by atoms with Crippen molar-refractivity contribution in [2.24, 2.45) is 12.0 Å². The van der Waals surface area contributed by atoms with E-state index in [-0.39, 0.29) is 18.4 Å². The summed E-state index contributed by atoms with van der Waals surface area (Å²) in [4.78, 5) is 4.87. The first-order valence-corrected chi connectivity index (χ1v) is 10.3. The fourth-order valence-electron chi connectivity index (χ4n) is 3.95. The third-order valence-electron chi connectivity index (χ3n) is 5.53. The Morgan fingerprint density at radius 2 is 1.65 bits per heavy atom. The molecule has 2 heterocycles. The normalized spacial score (nSPS) is 15.3. The van der Waals surface area contributed by atoms with Crippen molar-refractivity contribution in [3.63, 3.8) is 0 Å². The topological polar surface area (TPSA) is 35.8 Å². The van der Waals surface area contributed by atoms with Gasteiger partial charge >= 0.3 is 0 Å². The van der Waals surface area contributed by atoms with Crippen molar-refractivity contribution < 1.29 is 9.47 Å². The van der Waals surface area contributed by atoms with E-state index in [1.807, 2.05) is 36.4 Å². The molecular weight excluding hydrogens is 408 g/mol. The molecule has 0 bridgehead atoms. The maximum Gasteiger partial charge on any atom is 0.233 e. The van der Waals surface area contributed by atoms with E-state index in [4.69, 9.17) is 14.5 Å². The van der Waals surface area contributed by atoms with Crippen molar-refractivity contribution in [1.82, 2.24) is 4.57 Å². The number of aryl methyl sites for hydroxylation is 1. The van der Waals surface area contributed by atoms with E-state index in [9.17, 15) is 0 Å². The summed E-state index contributed by atoms with van der Waals surface area (Å²) in [6.45, 7) is 1.16. The van der Waals surface area contributed by atoms with Gasteiger partial charge in [0.1, 0.15) is 24.7 Å². The molecule has 0 radical (unpaired) electrons. The summed E-state index contributed by atoms with van der Waals surface area (Å²) >= 11 is 0. The Balaban J connectivity index is 0.00000231. The summed E-state index contributed by atoms with van der Waals surface area (Å²) in [7, 11) is 2.05. The number of hydrogen-bond donors (Lipinski definition) is 0. The van der Waals surface area contributed by atoms with Crippen LogP contribution in [-0.4, -0.2) is 23.1 Å². The van der Waals surface area contributed by atoms with Crippen LogP contribution in [0.2, 0.25) is 0 Å². The predicted octanol–water partition coefficient (Wildman–Crippen LogP) is 5.57. The van der Waals surface area contributed by atoms with Crippen LogP contribution in [0.25, 0.3) is 10.9 Å². The lowest BCUT2D eigenvalue weighted by Crippen LogP contribution is -2.10. The zero-order chi connectivity index (χ0) is 20.3. The fourth-order valence-corrected chi connectivity index (χ4v) is 3.95. The molecule has 3 aromatic carbocycles. The number of aliphatic imine (C=N–C) groups is 1. The van der Waals surface area contributed by atoms with E-state index in [0.29, 0.717) is 19.1 Å². The van der Waals surface area contributed by atoms with Gasteiger partial charge in [0.15, 0.2) is 0 Å². The molecule has 1 aliphatic rings. The summed E-state index contributed by atoms with van der Waals surface area (Å²) in [5.41, 5.74) is 4.52. The average molecular weight is 433 g/mol. The van der Waals surface area contributed by atoms with E-state index in [1.165, 1.54) is 5.56 Å². The standard InChI is InChI=1S/C26H24N2O2.ClH/c1-28-23-13-8-14-25(29-17-20-11-6-3-7-12-20)22(23)16-24(28)26-27-21(18-30-26)15-19-9-4-2-5-10-19;/h2-14,16,21H,15,17-18H2,1H3;1H/t21-;/m0./s1. The van der Waals surface area contributed by atoms with Crippen LogP contribution >= 0.6 is 12.4 Å². The second-order valence-corrected chi connectivity index (χ2v) is 7.64. The number of hydrogen-bond acceptors (Lipinski definition) is 3. The van der Waals surface area contributed by atoms with Gasteiger partial charge in [-0.15, -0.1) is 12.4 Å². The van der Waals surface area contributed by atoms with Crippen LogP contribution in [0, 0.1) is 0 Å². The first kappa shape index (κ1) is 21.0. The molecule has 5 heteroatoms. The van der Waals surface area contributed by atoms with Gasteiger partial charge < -0.3 is 14.0 Å². The minimum absolute atomic E-state index is 0. The highest BCUT2D eigenvalue weighted by molar-refractivity contribution is 6.01. The highest BCUT2D eigenvalue weighted by Crippen LogP contribution is 2.30. The van der Waals surface area contributed by atoms with Gasteiger partial charge in [0.25, 0.3) is 0 Å². The molecule has 5 rings (SSSR count). The van der Waals surface area contributed by atoms with Crippen molar-refractivity contribution in [3.8, 4) is 5.75 Å². The molecule has 1 aliphatic heterocycles. The monoisotopic (exact) mass is 432 g/mol. The number of halogens is 1. The van der Waals surface area contributed by atoms with Gasteiger partial charge in [-0.3, -0.25) is 0 Å². The molecule has 0 saturated heterocycles. The third kappa shape index (κ3) is 4.44. The molecular formula is C26H25ClN2O2. The highest BCUT2D eigenvalue weighted by atomic mass is 35.5. The van der Waals surface area contributed by atoms with Crippen LogP contribution in [-0.2, 0) is 24.8 Å². The molecule has 1 aromatic heterocycles. The van der Waals surface area contributed by atoms with Gasteiger partial charge in [0.2, 0.25) is 5.90 Å². The Morgan fingerprint density at radius 3 is 2.39 bits per heavy atom. The van der Waals surface area contributed by atoms with E-state index < -0.39 is 0 Å². The summed E-state index contributed by atoms with van der Waals surface area (Å²) in [6, 6.07) is 29.1. The van der Waals surface area contributed by atoms with E-state index in [0.717, 1.165) is 34.3 Å². The molecule has 0 fully saturated rings. The number of ether oxygens (including phenoxy) is 2. The molecule has 0 unspecified atom stereocenters. The first-order chi connectivity index (χ1) is 14.8. The lowest BCUT2D eigenvalue weighted by atomic mass is 10.1. The van der Waals surface area contributed by atoms with E-state index >= 15 is 0 Å². The minimum atomic E-state index is 0. The van der Waals surface area contributed by atoms with Crippen LogP contribution < -0.4 is 4.74 Å². The van der Waals surface area contributed by atoms with Crippen LogP contribution in [0.5, 0.6) is 5.75 Å². The summed E-state index contributed by atoms with van der Waals surface area (Å²) < 4.78 is 14.3. The summed E-state index contributed by atoms with van der Waals surface area (Å²) in [5, 5.41) is 1.07. The molecule has 158 valence electrons. The van der Waals surface area contributed by atoms with Gasteiger partial charge in [0.05, 0.1) is 11.6 Å². The highest BCUT2D eigenvalue weighted by Gasteiger charge is 2.24. The third-order valence-corrected chi connectivity index (χ3v) is 5.53. The Bertz CT molecular complexity index is 1190. The largest absolute Gasteiger partial charge is 0.488 e. The Kier molecular flexibility index (Phi) is 6.28. The first-order valence-electron chi connectivity index (χ1n) is 10.3. The van der Waals surface area contributed by atoms with Gasteiger partial charge in [-0.1, -0.05) is 66.7 Å². The maximum atomic E-state index is 6.14. The van der Waals surface area contributed by atoms with Crippen LogP contribution in [0.15, 0.2) is 89.9 Å². The molecule has 0 spiro atoms. The number of rotatable bonds is 6. The van der Waals surface area contributed by atoms with Crippen LogP contribution in [0.1, 0.15) is 16.8 Å². The minimum Gasteiger partial charge on any atom is -0.488 e. The van der Waals surface area contributed by atoms with Gasteiger partial charge in [-0.2, -0.15) is 0 Å². The number of aromatic nitrogens is 1. The predicted molar refractivity (Wildman–Crippen MR) is 127 cm³/mol. The number of fused-ring (bicyclic) bond motifs is 1. The lowest BCUT2D eigenvalue weighted by Gasteiger charge is -2.08. The fraction of sp³-hybridized carbons (Fsp3) is 0.192. The molecule has 0 amide bonds. The Hall–Kier alpha value is -3.24. The quantitative estimate of drug-likeness (QED) is 0.399. The molecule has 31 heavy (non-hydrogen) atoms. The molecule has 0 saturated carbocycles. The SMILES string of the molecule is Cl.Cn1c(C2=N[C@@H](Cc3ccccc3)CO2)cc2c(OCc3ccccc3)cccc21. The van der Waals surface area contributed by atoms with Crippen molar-refractivity contribution in [2.75, 3.05) is 6.61 Å². The van der Waals surface area contributed by atoms with Gasteiger partial charge in [0, 0.05) is 12.4 Å². The van der Waals surface area contributed by atoms with Crippen molar-refractivity contribution in [1.29, 1.82) is 0 Å². The number of benzene rings is 3. The molecule has 0 aliphatic carbocycles. The smallest absolute Gasteiger partial charge is 0.233 e.